The van der Waals surface area contributed by atoms with E-state index < -0.39 is 20.2 Å². The first kappa shape index (κ1) is 16.1. The van der Waals surface area contributed by atoms with Gasteiger partial charge in [-0.2, -0.15) is 13.2 Å². The molecule has 19 heavy (non-hydrogen) atoms. The maximum atomic E-state index is 12.6. The molecule has 1 rings (SSSR count). The number of benzene rings is 1. The van der Waals surface area contributed by atoms with Gasteiger partial charge in [-0.3, -0.25) is 0 Å². The average molecular weight is 316 g/mol. The first-order valence-corrected chi connectivity index (χ1v) is 7.48. The van der Waals surface area contributed by atoms with Crippen LogP contribution in [0.3, 0.4) is 0 Å². The van der Waals surface area contributed by atoms with E-state index in [-0.39, 0.29) is 17.6 Å². The van der Waals surface area contributed by atoms with Crippen LogP contribution >= 0.6 is 11.6 Å². The molecule has 1 N–H and O–H groups in total. The van der Waals surface area contributed by atoms with Crippen LogP contribution in [0.4, 0.5) is 18.9 Å². The second-order valence-electron chi connectivity index (χ2n) is 3.85. The van der Waals surface area contributed by atoms with Gasteiger partial charge in [0.05, 0.1) is 10.6 Å². The van der Waals surface area contributed by atoms with Crippen molar-refractivity contribution in [1.29, 1.82) is 0 Å². The molecule has 0 aliphatic rings. The summed E-state index contributed by atoms with van der Waals surface area (Å²) >= 11 is 5.64. The van der Waals surface area contributed by atoms with E-state index in [9.17, 15) is 21.6 Å². The fourth-order valence-electron chi connectivity index (χ4n) is 1.41. The van der Waals surface area contributed by atoms with Gasteiger partial charge >= 0.3 is 5.51 Å². The monoisotopic (exact) mass is 315 g/mol. The van der Waals surface area contributed by atoms with Crippen molar-refractivity contribution in [3.63, 3.8) is 0 Å². The highest BCUT2D eigenvalue weighted by molar-refractivity contribution is 7.92. The Morgan fingerprint density at radius 1 is 1.32 bits per heavy atom. The number of para-hydroxylation sites is 1. The number of hydrogen-bond donors (Lipinski definition) is 1. The standard InChI is InChI=1S/C11H13ClF3NO2S/c1-2-8(7-12)16-9-5-3-4-6-10(9)19(17,18)11(13,14)15/h3-6,8,16H,2,7H2,1H3. The maximum Gasteiger partial charge on any atom is 0.501 e. The predicted octanol–water partition coefficient (Wildman–Crippen LogP) is 3.41. The van der Waals surface area contributed by atoms with Crippen molar-refractivity contribution in [1.82, 2.24) is 0 Å². The topological polar surface area (TPSA) is 46.2 Å². The highest BCUT2D eigenvalue weighted by Gasteiger charge is 2.47. The third-order valence-electron chi connectivity index (χ3n) is 2.52. The van der Waals surface area contributed by atoms with E-state index in [4.69, 9.17) is 11.6 Å². The van der Waals surface area contributed by atoms with E-state index in [2.05, 4.69) is 5.32 Å². The summed E-state index contributed by atoms with van der Waals surface area (Å²) in [7, 11) is -5.37. The molecule has 0 aliphatic heterocycles. The SMILES string of the molecule is CCC(CCl)Nc1ccccc1S(=O)(=O)C(F)(F)F. The van der Waals surface area contributed by atoms with E-state index in [1.165, 1.54) is 18.2 Å². The predicted molar refractivity (Wildman–Crippen MR) is 68.1 cm³/mol. The second kappa shape index (κ2) is 6.00. The van der Waals surface area contributed by atoms with E-state index >= 15 is 0 Å². The van der Waals surface area contributed by atoms with Gasteiger partial charge < -0.3 is 5.32 Å². The van der Waals surface area contributed by atoms with Crippen molar-refractivity contribution < 1.29 is 21.6 Å². The minimum Gasteiger partial charge on any atom is -0.380 e. The van der Waals surface area contributed by atoms with Crippen LogP contribution in [-0.2, 0) is 9.84 Å². The van der Waals surface area contributed by atoms with E-state index in [0.29, 0.717) is 6.42 Å². The molecule has 0 fully saturated rings. The van der Waals surface area contributed by atoms with Crippen LogP contribution in [0.25, 0.3) is 0 Å². The lowest BCUT2D eigenvalue weighted by atomic mass is 10.2. The third-order valence-corrected chi connectivity index (χ3v) is 4.44. The summed E-state index contributed by atoms with van der Waals surface area (Å²) in [5.41, 5.74) is -5.42. The molecule has 8 heteroatoms. The van der Waals surface area contributed by atoms with Crippen molar-refractivity contribution in [2.75, 3.05) is 11.2 Å². The quantitative estimate of drug-likeness (QED) is 0.847. The third kappa shape index (κ3) is 3.54. The number of hydrogen-bond acceptors (Lipinski definition) is 3. The molecule has 0 aromatic heterocycles. The molecule has 0 radical (unpaired) electrons. The number of alkyl halides is 4. The van der Waals surface area contributed by atoms with Gasteiger partial charge in [0, 0.05) is 11.9 Å². The molecule has 0 amide bonds. The van der Waals surface area contributed by atoms with Crippen LogP contribution < -0.4 is 5.32 Å². The van der Waals surface area contributed by atoms with E-state index in [0.717, 1.165) is 6.07 Å². The summed E-state index contributed by atoms with van der Waals surface area (Å²) in [5.74, 6) is 0.164. The first-order chi connectivity index (χ1) is 8.74. The Morgan fingerprint density at radius 2 is 1.89 bits per heavy atom. The van der Waals surface area contributed by atoms with E-state index in [1.54, 1.807) is 6.92 Å². The Bertz CT molecular complexity index is 527. The number of halogens is 4. The lowest BCUT2D eigenvalue weighted by Gasteiger charge is -2.18. The Kier molecular flexibility index (Phi) is 5.09. The molecule has 1 aromatic carbocycles. The van der Waals surface area contributed by atoms with Crippen molar-refractivity contribution in [2.24, 2.45) is 0 Å². The molecule has 1 unspecified atom stereocenters. The van der Waals surface area contributed by atoms with Crippen LogP contribution in [0.1, 0.15) is 13.3 Å². The molecule has 0 saturated heterocycles. The number of anilines is 1. The van der Waals surface area contributed by atoms with E-state index in [1.807, 2.05) is 0 Å². The second-order valence-corrected chi connectivity index (χ2v) is 6.07. The molecule has 0 saturated carbocycles. The molecular weight excluding hydrogens is 303 g/mol. The van der Waals surface area contributed by atoms with Crippen LogP contribution in [0.15, 0.2) is 29.2 Å². The van der Waals surface area contributed by atoms with Crippen LogP contribution in [-0.4, -0.2) is 25.8 Å². The normalized spacial score (nSPS) is 14.2. The number of nitrogens with one attached hydrogen (secondary N) is 1. The van der Waals surface area contributed by atoms with Gasteiger partial charge in [-0.25, -0.2) is 8.42 Å². The average Bonchev–Trinajstić information content (AvgIpc) is 2.35. The summed E-state index contributed by atoms with van der Waals surface area (Å²) in [5, 5.41) is 2.71. The van der Waals surface area contributed by atoms with Gasteiger partial charge in [0.25, 0.3) is 9.84 Å². The van der Waals surface area contributed by atoms with Crippen molar-refractivity contribution in [3.05, 3.63) is 24.3 Å². The van der Waals surface area contributed by atoms with Crippen LogP contribution in [0.2, 0.25) is 0 Å². The molecule has 0 heterocycles. The number of sulfone groups is 1. The lowest BCUT2D eigenvalue weighted by Crippen LogP contribution is -2.26. The first-order valence-electron chi connectivity index (χ1n) is 5.47. The summed E-state index contributed by atoms with van der Waals surface area (Å²) in [6, 6.07) is 4.61. The lowest BCUT2D eigenvalue weighted by molar-refractivity contribution is -0.0435. The van der Waals surface area contributed by atoms with Crippen molar-refractivity contribution in [2.45, 2.75) is 29.8 Å². The summed E-state index contributed by atoms with van der Waals surface area (Å²) in [6.07, 6.45) is 0.559. The molecule has 1 aromatic rings. The molecular formula is C11H13ClF3NO2S. The minimum atomic E-state index is -5.37. The fourth-order valence-corrected chi connectivity index (χ4v) is 2.63. The summed E-state index contributed by atoms with van der Waals surface area (Å²) in [6.45, 7) is 1.79. The summed E-state index contributed by atoms with van der Waals surface area (Å²) < 4.78 is 60.5. The Hall–Kier alpha value is -0.950. The Balaban J connectivity index is 3.24. The van der Waals surface area contributed by atoms with Gasteiger partial charge in [0.1, 0.15) is 0 Å². The van der Waals surface area contributed by atoms with Gasteiger partial charge in [0.2, 0.25) is 0 Å². The zero-order valence-corrected chi connectivity index (χ0v) is 11.6. The maximum absolute atomic E-state index is 12.6. The summed E-state index contributed by atoms with van der Waals surface area (Å²) in [4.78, 5) is -0.786. The smallest absolute Gasteiger partial charge is 0.380 e. The van der Waals surface area contributed by atoms with Gasteiger partial charge in [-0.1, -0.05) is 19.1 Å². The molecule has 0 spiro atoms. The Morgan fingerprint density at radius 3 is 2.37 bits per heavy atom. The molecule has 108 valence electrons. The van der Waals surface area contributed by atoms with Gasteiger partial charge in [0.15, 0.2) is 0 Å². The zero-order valence-electron chi connectivity index (χ0n) is 10.0. The zero-order chi connectivity index (χ0) is 14.7. The fraction of sp³-hybridized carbons (Fsp3) is 0.455. The largest absolute Gasteiger partial charge is 0.501 e. The molecule has 0 bridgehead atoms. The highest BCUT2D eigenvalue weighted by Crippen LogP contribution is 2.34. The molecule has 1 atom stereocenters. The Labute approximate surface area is 114 Å². The van der Waals surface area contributed by atoms with Crippen LogP contribution in [0.5, 0.6) is 0 Å². The van der Waals surface area contributed by atoms with Crippen LogP contribution in [0, 0.1) is 0 Å². The molecule has 3 nitrogen and oxygen atoms in total. The molecule has 0 aliphatic carbocycles. The minimum absolute atomic E-state index is 0.0904. The van der Waals surface area contributed by atoms with Crippen molar-refractivity contribution in [3.8, 4) is 0 Å². The highest BCUT2D eigenvalue weighted by atomic mass is 35.5. The van der Waals surface area contributed by atoms with Gasteiger partial charge in [-0.05, 0) is 18.6 Å². The van der Waals surface area contributed by atoms with Gasteiger partial charge in [-0.15, -0.1) is 11.6 Å². The van der Waals surface area contributed by atoms with Crippen molar-refractivity contribution >= 4 is 27.1 Å². The number of rotatable bonds is 5.